The number of hydrazone groups is 1. The highest BCUT2D eigenvalue weighted by molar-refractivity contribution is 7.89. The minimum Gasteiger partial charge on any atom is -0.508 e. The fraction of sp³-hybridized carbons (Fsp3) is 0.318. The van der Waals surface area contributed by atoms with Crippen molar-refractivity contribution in [3.8, 4) is 5.75 Å². The molecule has 0 aromatic heterocycles. The van der Waals surface area contributed by atoms with E-state index in [1.807, 2.05) is 12.1 Å². The fourth-order valence-corrected chi connectivity index (χ4v) is 5.49. The molecule has 2 aromatic rings. The second kappa shape index (κ2) is 6.85. The number of phenols is 1. The van der Waals surface area contributed by atoms with Crippen LogP contribution >= 0.6 is 0 Å². The Hall–Kier alpha value is -2.84. The molecule has 0 amide bonds. The highest BCUT2D eigenvalue weighted by atomic mass is 32.2. The third-order valence-electron chi connectivity index (χ3n) is 6.32. The lowest BCUT2D eigenvalue weighted by Crippen LogP contribution is -2.33. The number of hydrogen-bond donors (Lipinski definition) is 2. The number of anilines is 1. The molecule has 8 heteroatoms. The third-order valence-corrected chi connectivity index (χ3v) is 7.56. The summed E-state index contributed by atoms with van der Waals surface area (Å²) in [6, 6.07) is 13.2. The van der Waals surface area contributed by atoms with Gasteiger partial charge < -0.3 is 14.7 Å². The number of sulfonamides is 1. The van der Waals surface area contributed by atoms with Crippen molar-refractivity contribution in [2.24, 2.45) is 16.9 Å². The van der Waals surface area contributed by atoms with E-state index in [9.17, 15) is 13.5 Å². The van der Waals surface area contributed by atoms with E-state index < -0.39 is 10.0 Å². The second-order valence-corrected chi connectivity index (χ2v) is 9.90. The van der Waals surface area contributed by atoms with Gasteiger partial charge in [0.15, 0.2) is 0 Å². The van der Waals surface area contributed by atoms with E-state index in [0.717, 1.165) is 18.8 Å². The molecule has 3 aliphatic rings. The molecule has 2 saturated heterocycles. The first-order valence-electron chi connectivity index (χ1n) is 9.90. The zero-order valence-corrected chi connectivity index (χ0v) is 17.3. The van der Waals surface area contributed by atoms with Crippen molar-refractivity contribution in [1.29, 1.82) is 0 Å². The summed E-state index contributed by atoms with van der Waals surface area (Å²) in [4.78, 5) is 4.69. The molecule has 3 aliphatic heterocycles. The molecule has 4 atom stereocenters. The molecule has 156 valence electrons. The van der Waals surface area contributed by atoms with Gasteiger partial charge in [-0.3, -0.25) is 0 Å². The highest BCUT2D eigenvalue weighted by Crippen LogP contribution is 2.50. The number of aromatic hydroxyl groups is 1. The molecule has 2 fully saturated rings. The van der Waals surface area contributed by atoms with E-state index in [-0.39, 0.29) is 22.4 Å². The zero-order valence-electron chi connectivity index (χ0n) is 16.5. The number of fused-ring (bicyclic) bond motifs is 5. The molecule has 2 bridgehead atoms. The van der Waals surface area contributed by atoms with Crippen LogP contribution in [0.2, 0.25) is 0 Å². The van der Waals surface area contributed by atoms with Crippen molar-refractivity contribution in [2.75, 3.05) is 18.0 Å². The van der Waals surface area contributed by atoms with Crippen molar-refractivity contribution in [1.82, 2.24) is 4.83 Å². The van der Waals surface area contributed by atoms with Gasteiger partial charge in [-0.05, 0) is 61.0 Å². The van der Waals surface area contributed by atoms with Crippen LogP contribution in [0.15, 0.2) is 70.7 Å². The Morgan fingerprint density at radius 1 is 1.17 bits per heavy atom. The van der Waals surface area contributed by atoms with Crippen LogP contribution in [0.25, 0.3) is 0 Å². The van der Waals surface area contributed by atoms with Crippen LogP contribution < -0.4 is 9.73 Å². The maximum atomic E-state index is 12.5. The van der Waals surface area contributed by atoms with E-state index in [4.69, 9.17) is 4.74 Å². The Bertz CT molecular complexity index is 1110. The van der Waals surface area contributed by atoms with Gasteiger partial charge in [0, 0.05) is 30.6 Å². The van der Waals surface area contributed by atoms with E-state index in [1.165, 1.54) is 18.3 Å². The van der Waals surface area contributed by atoms with Crippen LogP contribution in [0, 0.1) is 11.8 Å². The summed E-state index contributed by atoms with van der Waals surface area (Å²) in [6.07, 6.45) is 5.94. The Morgan fingerprint density at radius 2 is 1.90 bits per heavy atom. The van der Waals surface area contributed by atoms with E-state index in [0.29, 0.717) is 17.4 Å². The Kier molecular flexibility index (Phi) is 4.37. The summed E-state index contributed by atoms with van der Waals surface area (Å²) in [5, 5.41) is 13.1. The Morgan fingerprint density at radius 3 is 2.60 bits per heavy atom. The van der Waals surface area contributed by atoms with Gasteiger partial charge in [0.1, 0.15) is 5.75 Å². The smallest absolute Gasteiger partial charge is 0.276 e. The molecule has 3 heterocycles. The largest absolute Gasteiger partial charge is 0.508 e. The lowest BCUT2D eigenvalue weighted by atomic mass is 9.79. The zero-order chi connectivity index (χ0) is 20.9. The maximum absolute atomic E-state index is 12.5. The SMILES string of the molecule is CC12C=CC(O1)[C@H]1CN(c3ccc(S(=O)(=O)N/N=C/c4ccc(O)cc4)cc3)C[C@H]12. The van der Waals surface area contributed by atoms with E-state index in [2.05, 4.69) is 33.9 Å². The number of benzene rings is 2. The lowest BCUT2D eigenvalue weighted by Gasteiger charge is -2.26. The minimum atomic E-state index is -3.76. The first kappa shape index (κ1) is 19.1. The van der Waals surface area contributed by atoms with Crippen molar-refractivity contribution < 1.29 is 18.3 Å². The van der Waals surface area contributed by atoms with Gasteiger partial charge in [0.25, 0.3) is 10.0 Å². The number of nitrogens with one attached hydrogen (secondary N) is 1. The van der Waals surface area contributed by atoms with Gasteiger partial charge >= 0.3 is 0 Å². The molecule has 7 nitrogen and oxygen atoms in total. The summed E-state index contributed by atoms with van der Waals surface area (Å²) in [7, 11) is -3.76. The Labute approximate surface area is 175 Å². The first-order chi connectivity index (χ1) is 14.3. The van der Waals surface area contributed by atoms with Gasteiger partial charge in [-0.15, -0.1) is 0 Å². The van der Waals surface area contributed by atoms with Crippen molar-refractivity contribution >= 4 is 21.9 Å². The van der Waals surface area contributed by atoms with Gasteiger partial charge in [-0.1, -0.05) is 12.2 Å². The number of nitrogens with zero attached hydrogens (tertiary/aromatic N) is 2. The molecule has 2 unspecified atom stereocenters. The minimum absolute atomic E-state index is 0.139. The first-order valence-corrected chi connectivity index (χ1v) is 11.4. The van der Waals surface area contributed by atoms with E-state index in [1.54, 1.807) is 24.3 Å². The monoisotopic (exact) mass is 425 g/mol. The Balaban J connectivity index is 1.25. The molecule has 0 saturated carbocycles. The van der Waals surface area contributed by atoms with Gasteiger partial charge in [0.2, 0.25) is 0 Å². The van der Waals surface area contributed by atoms with Crippen LogP contribution in [0.4, 0.5) is 5.69 Å². The molecule has 2 aromatic carbocycles. The van der Waals surface area contributed by atoms with Gasteiger partial charge in [-0.2, -0.15) is 13.5 Å². The second-order valence-electron chi connectivity index (χ2n) is 8.24. The topological polar surface area (TPSA) is 91.2 Å². The van der Waals surface area contributed by atoms with Crippen molar-refractivity contribution in [3.05, 3.63) is 66.2 Å². The molecule has 30 heavy (non-hydrogen) atoms. The van der Waals surface area contributed by atoms with Crippen molar-refractivity contribution in [3.63, 3.8) is 0 Å². The number of hydrogen-bond acceptors (Lipinski definition) is 6. The predicted molar refractivity (Wildman–Crippen MR) is 114 cm³/mol. The average Bonchev–Trinajstić information content (AvgIpc) is 3.40. The number of rotatable bonds is 5. The number of ether oxygens (including phenoxy) is 1. The molecule has 5 rings (SSSR count). The highest BCUT2D eigenvalue weighted by Gasteiger charge is 2.57. The molecule has 0 radical (unpaired) electrons. The normalized spacial score (nSPS) is 29.6. The third kappa shape index (κ3) is 3.26. The fourth-order valence-electron chi connectivity index (χ4n) is 4.70. The summed E-state index contributed by atoms with van der Waals surface area (Å²) >= 11 is 0. The summed E-state index contributed by atoms with van der Waals surface area (Å²) in [6.45, 7) is 3.97. The molecule has 0 aliphatic carbocycles. The lowest BCUT2D eigenvalue weighted by molar-refractivity contribution is 0.0256. The maximum Gasteiger partial charge on any atom is 0.276 e. The average molecular weight is 426 g/mol. The van der Waals surface area contributed by atoms with Crippen LogP contribution in [0.3, 0.4) is 0 Å². The molecule has 0 spiro atoms. The molecular weight excluding hydrogens is 402 g/mol. The van der Waals surface area contributed by atoms with Crippen LogP contribution in [-0.4, -0.2) is 44.5 Å². The summed E-state index contributed by atoms with van der Waals surface area (Å²) < 4.78 is 31.1. The van der Waals surface area contributed by atoms with Gasteiger partial charge in [-0.25, -0.2) is 4.83 Å². The van der Waals surface area contributed by atoms with Crippen LogP contribution in [0.1, 0.15) is 12.5 Å². The quantitative estimate of drug-likeness (QED) is 0.436. The summed E-state index contributed by atoms with van der Waals surface area (Å²) in [5.74, 6) is 1.09. The standard InChI is InChI=1S/C22H23N3O4S/c1-22-11-10-21(29-22)19-13-25(14-20(19)22)16-4-8-18(9-5-16)30(27,28)24-23-12-15-2-6-17(26)7-3-15/h2-12,19-21,24,26H,13-14H2,1H3/b23-12+/t19-,20+,21?,22?/m0/s1. The van der Waals surface area contributed by atoms with E-state index >= 15 is 0 Å². The number of phenolic OH excluding ortho intramolecular Hbond substituents is 1. The molecule has 2 N–H and O–H groups in total. The van der Waals surface area contributed by atoms with Crippen molar-refractivity contribution in [2.45, 2.75) is 23.5 Å². The van der Waals surface area contributed by atoms with Crippen LogP contribution in [-0.2, 0) is 14.8 Å². The summed E-state index contributed by atoms with van der Waals surface area (Å²) in [5.41, 5.74) is 1.51. The van der Waals surface area contributed by atoms with Crippen LogP contribution in [0.5, 0.6) is 5.75 Å². The van der Waals surface area contributed by atoms with Gasteiger partial charge in [0.05, 0.1) is 22.8 Å². The molecular formula is C22H23N3O4S. The predicted octanol–water partition coefficient (Wildman–Crippen LogP) is 2.48.